The summed E-state index contributed by atoms with van der Waals surface area (Å²) in [5.41, 5.74) is 6.19. The molecule has 1 aliphatic heterocycles. The minimum Gasteiger partial charge on any atom is -0.381 e. The molecule has 2 nitrogen and oxygen atoms in total. The average molecular weight is 211 g/mol. The molecule has 1 fully saturated rings. The molecule has 0 aliphatic carbocycles. The molecular weight excluding hydrogens is 186 g/mol. The predicted octanol–water partition coefficient (Wildman–Crippen LogP) is 2.88. The molecule has 0 aromatic carbocycles. The van der Waals surface area contributed by atoms with Gasteiger partial charge < -0.3 is 10.5 Å². The Balaban J connectivity index is 2.01. The molecule has 1 rings (SSSR count). The average Bonchev–Trinajstić information content (AvgIpc) is 2.30. The maximum absolute atomic E-state index is 6.19. The van der Waals surface area contributed by atoms with Gasteiger partial charge in [-0.05, 0) is 38.0 Å². The van der Waals surface area contributed by atoms with E-state index in [1.54, 1.807) is 0 Å². The number of hydrogen-bond donors (Lipinski definition) is 1. The quantitative estimate of drug-likeness (QED) is 0.519. The molecule has 15 heavy (non-hydrogen) atoms. The summed E-state index contributed by atoms with van der Waals surface area (Å²) in [7, 11) is 0. The molecule has 0 spiro atoms. The third-order valence-corrected chi connectivity index (χ3v) is 3.32. The van der Waals surface area contributed by atoms with Crippen molar-refractivity contribution in [2.45, 2.75) is 51.0 Å². The Hall–Kier alpha value is -0.340. The highest BCUT2D eigenvalue weighted by Gasteiger charge is 2.20. The maximum atomic E-state index is 6.19. The molecule has 1 atom stereocenters. The van der Waals surface area contributed by atoms with Crippen LogP contribution in [0, 0.1) is 5.92 Å². The van der Waals surface area contributed by atoms with Crippen LogP contribution in [0.2, 0.25) is 0 Å². The zero-order chi connectivity index (χ0) is 10.9. The van der Waals surface area contributed by atoms with Crippen molar-refractivity contribution in [1.29, 1.82) is 0 Å². The monoisotopic (exact) mass is 211 g/mol. The van der Waals surface area contributed by atoms with Crippen LogP contribution in [0.4, 0.5) is 0 Å². The van der Waals surface area contributed by atoms with E-state index in [9.17, 15) is 0 Å². The van der Waals surface area contributed by atoms with Gasteiger partial charge in [-0.25, -0.2) is 0 Å². The zero-order valence-electron chi connectivity index (χ0n) is 9.79. The molecule has 0 aromatic heterocycles. The van der Waals surface area contributed by atoms with E-state index in [1.807, 2.05) is 6.08 Å². The van der Waals surface area contributed by atoms with Crippen molar-refractivity contribution in [2.75, 3.05) is 13.2 Å². The molecule has 1 saturated heterocycles. The lowest BCUT2D eigenvalue weighted by Crippen LogP contribution is -2.34. The molecule has 1 aliphatic rings. The van der Waals surface area contributed by atoms with Crippen molar-refractivity contribution in [3.63, 3.8) is 0 Å². The number of ether oxygens (including phenoxy) is 1. The largest absolute Gasteiger partial charge is 0.381 e. The van der Waals surface area contributed by atoms with Crippen molar-refractivity contribution < 1.29 is 4.74 Å². The summed E-state index contributed by atoms with van der Waals surface area (Å²) >= 11 is 0. The molecule has 1 unspecified atom stereocenters. The summed E-state index contributed by atoms with van der Waals surface area (Å²) in [6.07, 6.45) is 10.5. The number of unbranched alkanes of at least 4 members (excludes halogenated alkanes) is 3. The summed E-state index contributed by atoms with van der Waals surface area (Å²) < 4.78 is 5.34. The summed E-state index contributed by atoms with van der Waals surface area (Å²) in [5, 5.41) is 0. The standard InChI is InChI=1S/C13H25NO/c1-2-3-4-5-6-7-13(14)12-8-10-15-11-9-12/h2,12-13H,1,3-11,14H2. The zero-order valence-corrected chi connectivity index (χ0v) is 9.79. The normalized spacial score (nSPS) is 20.1. The molecule has 0 radical (unpaired) electrons. The molecule has 0 bridgehead atoms. The van der Waals surface area contributed by atoms with Crippen molar-refractivity contribution in [3.05, 3.63) is 12.7 Å². The molecular formula is C13H25NO. The predicted molar refractivity (Wildman–Crippen MR) is 64.8 cm³/mol. The molecule has 88 valence electrons. The molecule has 2 N–H and O–H groups in total. The van der Waals surface area contributed by atoms with Crippen LogP contribution in [-0.4, -0.2) is 19.3 Å². The van der Waals surface area contributed by atoms with Gasteiger partial charge in [0.15, 0.2) is 0 Å². The highest BCUT2D eigenvalue weighted by molar-refractivity contribution is 4.75. The minimum atomic E-state index is 0.401. The fourth-order valence-corrected chi connectivity index (χ4v) is 2.23. The third-order valence-electron chi connectivity index (χ3n) is 3.32. The second-order valence-corrected chi connectivity index (χ2v) is 4.54. The van der Waals surface area contributed by atoms with Gasteiger partial charge in [0, 0.05) is 19.3 Å². The van der Waals surface area contributed by atoms with E-state index in [4.69, 9.17) is 10.5 Å². The van der Waals surface area contributed by atoms with Crippen molar-refractivity contribution in [2.24, 2.45) is 11.7 Å². The number of rotatable bonds is 7. The van der Waals surface area contributed by atoms with Crippen LogP contribution in [-0.2, 0) is 4.74 Å². The summed E-state index contributed by atoms with van der Waals surface area (Å²) in [5.74, 6) is 0.707. The van der Waals surface area contributed by atoms with Crippen LogP contribution < -0.4 is 5.73 Å². The van der Waals surface area contributed by atoms with Gasteiger partial charge >= 0.3 is 0 Å². The summed E-state index contributed by atoms with van der Waals surface area (Å²) in [6.45, 7) is 5.55. The summed E-state index contributed by atoms with van der Waals surface area (Å²) in [4.78, 5) is 0. The van der Waals surface area contributed by atoms with E-state index < -0.39 is 0 Å². The van der Waals surface area contributed by atoms with Gasteiger partial charge in [0.05, 0.1) is 0 Å². The second-order valence-electron chi connectivity index (χ2n) is 4.54. The number of allylic oxidation sites excluding steroid dienone is 1. The van der Waals surface area contributed by atoms with Gasteiger partial charge in [0.25, 0.3) is 0 Å². The highest BCUT2D eigenvalue weighted by atomic mass is 16.5. The molecule has 0 saturated carbocycles. The summed E-state index contributed by atoms with van der Waals surface area (Å²) in [6, 6.07) is 0.401. The van der Waals surface area contributed by atoms with Gasteiger partial charge in [-0.3, -0.25) is 0 Å². The first-order chi connectivity index (χ1) is 7.34. The molecule has 1 heterocycles. The Morgan fingerprint density at radius 1 is 1.27 bits per heavy atom. The van der Waals surface area contributed by atoms with Gasteiger partial charge in [-0.1, -0.05) is 18.9 Å². The second kappa shape index (κ2) is 7.89. The fourth-order valence-electron chi connectivity index (χ4n) is 2.23. The first-order valence-electron chi connectivity index (χ1n) is 6.29. The SMILES string of the molecule is C=CCCCCCC(N)C1CCOCC1. The van der Waals surface area contributed by atoms with Gasteiger partial charge in [0.2, 0.25) is 0 Å². The third kappa shape index (κ3) is 5.33. The van der Waals surface area contributed by atoms with E-state index in [0.29, 0.717) is 12.0 Å². The number of hydrogen-bond acceptors (Lipinski definition) is 2. The van der Waals surface area contributed by atoms with Crippen molar-refractivity contribution in [1.82, 2.24) is 0 Å². The van der Waals surface area contributed by atoms with Gasteiger partial charge in [-0.2, -0.15) is 0 Å². The lowest BCUT2D eigenvalue weighted by atomic mass is 9.89. The van der Waals surface area contributed by atoms with E-state index in [0.717, 1.165) is 32.5 Å². The van der Waals surface area contributed by atoms with Crippen LogP contribution in [0.1, 0.15) is 44.9 Å². The van der Waals surface area contributed by atoms with Crippen LogP contribution in [0.5, 0.6) is 0 Å². The van der Waals surface area contributed by atoms with Crippen molar-refractivity contribution in [3.8, 4) is 0 Å². The Kier molecular flexibility index (Phi) is 6.69. The van der Waals surface area contributed by atoms with Crippen LogP contribution in [0.3, 0.4) is 0 Å². The minimum absolute atomic E-state index is 0.401. The first kappa shape index (κ1) is 12.7. The molecule has 0 aromatic rings. The fraction of sp³-hybridized carbons (Fsp3) is 0.846. The lowest BCUT2D eigenvalue weighted by Gasteiger charge is -2.27. The smallest absolute Gasteiger partial charge is 0.0469 e. The van der Waals surface area contributed by atoms with Crippen LogP contribution in [0.25, 0.3) is 0 Å². The Morgan fingerprint density at radius 2 is 2.00 bits per heavy atom. The maximum Gasteiger partial charge on any atom is 0.0469 e. The Morgan fingerprint density at radius 3 is 2.67 bits per heavy atom. The molecule has 2 heteroatoms. The van der Waals surface area contributed by atoms with Crippen LogP contribution >= 0.6 is 0 Å². The van der Waals surface area contributed by atoms with E-state index in [1.165, 1.54) is 25.7 Å². The van der Waals surface area contributed by atoms with E-state index in [-0.39, 0.29) is 0 Å². The van der Waals surface area contributed by atoms with E-state index in [2.05, 4.69) is 6.58 Å². The Labute approximate surface area is 93.9 Å². The number of nitrogens with two attached hydrogens (primary N) is 1. The van der Waals surface area contributed by atoms with E-state index >= 15 is 0 Å². The molecule has 0 amide bonds. The first-order valence-corrected chi connectivity index (χ1v) is 6.29. The highest BCUT2D eigenvalue weighted by Crippen LogP contribution is 2.20. The van der Waals surface area contributed by atoms with Gasteiger partial charge in [0.1, 0.15) is 0 Å². The van der Waals surface area contributed by atoms with Crippen molar-refractivity contribution >= 4 is 0 Å². The lowest BCUT2D eigenvalue weighted by molar-refractivity contribution is 0.0572. The van der Waals surface area contributed by atoms with Crippen LogP contribution in [0.15, 0.2) is 12.7 Å². The Bertz CT molecular complexity index is 164. The topological polar surface area (TPSA) is 35.2 Å². The van der Waals surface area contributed by atoms with Gasteiger partial charge in [-0.15, -0.1) is 6.58 Å².